The van der Waals surface area contributed by atoms with Crippen molar-refractivity contribution in [2.45, 2.75) is 39.7 Å². The molecule has 2 aromatic heterocycles. The van der Waals surface area contributed by atoms with Crippen molar-refractivity contribution in [2.24, 2.45) is 5.92 Å². The van der Waals surface area contributed by atoms with Crippen LogP contribution in [0.5, 0.6) is 0 Å². The lowest BCUT2D eigenvalue weighted by molar-refractivity contribution is 0.0937. The normalized spacial score (nSPS) is 13.8. The number of nitrogens with one attached hydrogen (secondary N) is 3. The Morgan fingerprint density at radius 2 is 2.06 bits per heavy atom. The second-order valence-electron chi connectivity index (χ2n) is 7.28. The highest BCUT2D eigenvalue weighted by molar-refractivity contribution is 7.92. The van der Waals surface area contributed by atoms with E-state index in [4.69, 9.17) is 17.0 Å². The van der Waals surface area contributed by atoms with Crippen LogP contribution in [0.3, 0.4) is 0 Å². The first-order valence-corrected chi connectivity index (χ1v) is 11.5. The van der Waals surface area contributed by atoms with Crippen molar-refractivity contribution in [2.75, 3.05) is 12.4 Å². The Kier molecular flexibility index (Phi) is 7.73. The zero-order chi connectivity index (χ0) is 23.4. The highest BCUT2D eigenvalue weighted by atomic mass is 35.5. The molecule has 0 aliphatic heterocycles. The van der Waals surface area contributed by atoms with Crippen LogP contribution in [0, 0.1) is 11.3 Å². The number of amides is 1. The van der Waals surface area contributed by atoms with Crippen LogP contribution in [-0.4, -0.2) is 38.6 Å². The van der Waals surface area contributed by atoms with E-state index in [9.17, 15) is 8.68 Å². The molecule has 1 aromatic carbocycles. The molecule has 1 aliphatic rings. The predicted octanol–water partition coefficient (Wildman–Crippen LogP) is 5.48. The highest BCUT2D eigenvalue weighted by Crippen LogP contribution is 2.33. The summed E-state index contributed by atoms with van der Waals surface area (Å²) in [7, 11) is 1.74. The van der Waals surface area contributed by atoms with E-state index in [0.29, 0.717) is 22.2 Å². The Labute approximate surface area is 196 Å². The summed E-state index contributed by atoms with van der Waals surface area (Å²) in [5, 5.41) is 15.1. The number of rotatable bonds is 7. The standard InChI is InChI=1S/C20H20ClFN6OS.C2H6/c1-10(11-3-4-11)26-20(29)14-9-28(30-22)19-18(14)27-16(8-25-19)17(23)13-6-5-12(21)7-15(13)24-2;1-2/h5-11,23-24H,3-4H2,1-2H3,(H,26,29);1-2H3. The van der Waals surface area contributed by atoms with Crippen LogP contribution in [0.25, 0.3) is 11.2 Å². The average Bonchev–Trinajstić information content (AvgIpc) is 3.60. The van der Waals surface area contributed by atoms with E-state index in [1.54, 1.807) is 25.2 Å². The van der Waals surface area contributed by atoms with Crippen LogP contribution in [-0.2, 0) is 0 Å². The molecule has 0 bridgehead atoms. The fourth-order valence-corrected chi connectivity index (χ4v) is 3.90. The summed E-state index contributed by atoms with van der Waals surface area (Å²) in [5.41, 5.74) is 2.35. The largest absolute Gasteiger partial charge is 0.388 e. The van der Waals surface area contributed by atoms with Crippen LogP contribution in [0.1, 0.15) is 55.2 Å². The molecule has 32 heavy (non-hydrogen) atoms. The van der Waals surface area contributed by atoms with Gasteiger partial charge in [-0.2, -0.15) is 0 Å². The van der Waals surface area contributed by atoms with Gasteiger partial charge in [0.15, 0.2) is 18.0 Å². The van der Waals surface area contributed by atoms with E-state index in [2.05, 4.69) is 20.6 Å². The van der Waals surface area contributed by atoms with Crippen molar-refractivity contribution in [1.29, 1.82) is 5.41 Å². The van der Waals surface area contributed by atoms with Crippen LogP contribution in [0.4, 0.5) is 9.57 Å². The van der Waals surface area contributed by atoms with Crippen LogP contribution in [0.2, 0.25) is 5.02 Å². The van der Waals surface area contributed by atoms with Crippen molar-refractivity contribution < 1.29 is 8.68 Å². The number of carbonyl (C=O) groups is 1. The summed E-state index contributed by atoms with van der Waals surface area (Å²) in [6.45, 7) is 5.96. The van der Waals surface area contributed by atoms with Gasteiger partial charge in [-0.15, -0.1) is 3.89 Å². The smallest absolute Gasteiger partial charge is 0.255 e. The minimum atomic E-state index is -0.326. The molecule has 0 spiro atoms. The van der Waals surface area contributed by atoms with Crippen molar-refractivity contribution in [3.63, 3.8) is 0 Å². The van der Waals surface area contributed by atoms with E-state index >= 15 is 0 Å². The molecule has 0 saturated heterocycles. The molecule has 3 N–H and O–H groups in total. The first kappa shape index (κ1) is 24.0. The molecule has 2 heterocycles. The zero-order valence-corrected chi connectivity index (χ0v) is 19.9. The van der Waals surface area contributed by atoms with E-state index in [0.717, 1.165) is 16.8 Å². The van der Waals surface area contributed by atoms with Crippen molar-refractivity contribution in [3.8, 4) is 0 Å². The van der Waals surface area contributed by atoms with Crippen molar-refractivity contribution in [1.82, 2.24) is 19.3 Å². The highest BCUT2D eigenvalue weighted by Gasteiger charge is 2.30. The van der Waals surface area contributed by atoms with E-state index in [-0.39, 0.29) is 52.4 Å². The van der Waals surface area contributed by atoms with Gasteiger partial charge in [0.25, 0.3) is 5.91 Å². The van der Waals surface area contributed by atoms with Gasteiger partial charge in [0.05, 0.1) is 17.5 Å². The number of aromatic nitrogens is 3. The quantitative estimate of drug-likeness (QED) is 0.392. The molecule has 1 amide bonds. The summed E-state index contributed by atoms with van der Waals surface area (Å²) in [4.78, 5) is 21.6. The Morgan fingerprint density at radius 1 is 1.34 bits per heavy atom. The van der Waals surface area contributed by atoms with Gasteiger partial charge in [-0.05, 0) is 43.9 Å². The Balaban J connectivity index is 0.00000141. The van der Waals surface area contributed by atoms with Gasteiger partial charge in [0.1, 0.15) is 11.2 Å². The van der Waals surface area contributed by atoms with Gasteiger partial charge in [-0.25, -0.2) is 13.9 Å². The SMILES string of the molecule is CC.CNc1cc(Cl)ccc1C(=N)c1cnc2c(n1)c(C(=O)NC(C)C1CC1)cn2SF. The number of halogens is 2. The first-order valence-electron chi connectivity index (χ1n) is 10.5. The third-order valence-corrected chi connectivity index (χ3v) is 5.91. The van der Waals surface area contributed by atoms with Gasteiger partial charge >= 0.3 is 0 Å². The summed E-state index contributed by atoms with van der Waals surface area (Å²) >= 11 is 5.99. The van der Waals surface area contributed by atoms with Crippen molar-refractivity contribution >= 4 is 52.4 Å². The number of fused-ring (bicyclic) bond motifs is 1. The molecule has 3 aromatic rings. The van der Waals surface area contributed by atoms with E-state index < -0.39 is 0 Å². The summed E-state index contributed by atoms with van der Waals surface area (Å²) in [5.74, 6) is 0.158. The van der Waals surface area contributed by atoms with E-state index in [1.165, 1.54) is 12.4 Å². The Bertz CT molecular complexity index is 1150. The minimum Gasteiger partial charge on any atom is -0.388 e. The number of carbonyl (C=O) groups excluding carboxylic acids is 1. The molecular formula is C22H26ClFN6OS. The lowest BCUT2D eigenvalue weighted by Gasteiger charge is -2.12. The van der Waals surface area contributed by atoms with Gasteiger partial charge in [-0.3, -0.25) is 10.2 Å². The second kappa shape index (κ2) is 10.3. The second-order valence-corrected chi connectivity index (χ2v) is 8.25. The first-order chi connectivity index (χ1) is 15.4. The molecule has 1 aliphatic carbocycles. The topological polar surface area (TPSA) is 95.7 Å². The Hall–Kier alpha value is -2.65. The third kappa shape index (κ3) is 4.88. The van der Waals surface area contributed by atoms with E-state index in [1.807, 2.05) is 20.8 Å². The Morgan fingerprint density at radius 3 is 2.69 bits per heavy atom. The minimum absolute atomic E-state index is 0.0376. The fraction of sp³-hybridized carbons (Fsp3) is 0.364. The monoisotopic (exact) mass is 476 g/mol. The average molecular weight is 477 g/mol. The lowest BCUT2D eigenvalue weighted by atomic mass is 10.1. The van der Waals surface area contributed by atoms with Crippen LogP contribution < -0.4 is 10.6 Å². The maximum atomic E-state index is 13.4. The molecule has 0 radical (unpaired) electrons. The zero-order valence-electron chi connectivity index (χ0n) is 18.4. The lowest BCUT2D eigenvalue weighted by Crippen LogP contribution is -2.34. The molecule has 1 fully saturated rings. The third-order valence-electron chi connectivity index (χ3n) is 5.25. The fourth-order valence-electron chi connectivity index (χ4n) is 3.38. The number of hydrogen-bond donors (Lipinski definition) is 3. The molecule has 1 unspecified atom stereocenters. The van der Waals surface area contributed by atoms with Crippen LogP contribution in [0.15, 0.2) is 30.6 Å². The maximum absolute atomic E-state index is 13.4. The van der Waals surface area contributed by atoms with Crippen molar-refractivity contribution in [3.05, 3.63) is 52.4 Å². The molecule has 4 rings (SSSR count). The van der Waals surface area contributed by atoms with Crippen LogP contribution >= 0.6 is 23.9 Å². The van der Waals surface area contributed by atoms with Gasteiger partial charge < -0.3 is 10.6 Å². The molecular weight excluding hydrogens is 451 g/mol. The molecule has 1 atom stereocenters. The number of hydrogen-bond acceptors (Lipinski definition) is 6. The van der Waals surface area contributed by atoms with Gasteiger partial charge in [0, 0.05) is 35.6 Å². The summed E-state index contributed by atoms with van der Waals surface area (Å²) in [6, 6.07) is 5.16. The molecule has 1 saturated carbocycles. The number of anilines is 1. The maximum Gasteiger partial charge on any atom is 0.255 e. The van der Waals surface area contributed by atoms with Gasteiger partial charge in [-0.1, -0.05) is 25.4 Å². The number of nitrogens with zero attached hydrogens (tertiary/aromatic N) is 3. The number of benzene rings is 1. The van der Waals surface area contributed by atoms with Gasteiger partial charge in [0.2, 0.25) is 0 Å². The molecule has 7 nitrogen and oxygen atoms in total. The molecule has 10 heteroatoms. The predicted molar refractivity (Wildman–Crippen MR) is 130 cm³/mol. The summed E-state index contributed by atoms with van der Waals surface area (Å²) in [6.07, 6.45) is 4.98. The summed E-state index contributed by atoms with van der Waals surface area (Å²) < 4.78 is 14.6. The molecule has 170 valence electrons.